The largest absolute Gasteiger partial charge is 0.361 e. The van der Waals surface area contributed by atoms with Crippen molar-refractivity contribution in [1.82, 2.24) is 20.3 Å². The highest BCUT2D eigenvalue weighted by atomic mass is 16.2. The smallest absolute Gasteiger partial charge is 0.221 e. The summed E-state index contributed by atoms with van der Waals surface area (Å²) >= 11 is 0. The molecule has 0 bridgehead atoms. The average Bonchev–Trinajstić information content (AvgIpc) is 3.76. The summed E-state index contributed by atoms with van der Waals surface area (Å²) in [6.07, 6.45) is 5.45. The molecule has 7 heteroatoms. The Bertz CT molecular complexity index is 1960. The molecule has 7 nitrogen and oxygen atoms in total. The number of carbonyl (C=O) groups is 3. The second kappa shape index (κ2) is 7.68. The topological polar surface area (TPSA) is 111 Å². The lowest BCUT2D eigenvalue weighted by Crippen LogP contribution is -2.55. The number of hydrogen-bond acceptors (Lipinski definition) is 3. The van der Waals surface area contributed by atoms with E-state index in [9.17, 15) is 14.4 Å². The maximum absolute atomic E-state index is 14.8. The van der Waals surface area contributed by atoms with E-state index in [2.05, 4.69) is 20.3 Å². The molecular formula is C32H22N4O3. The summed E-state index contributed by atoms with van der Waals surface area (Å²) in [4.78, 5) is 52.4. The summed E-state index contributed by atoms with van der Waals surface area (Å²) in [5, 5.41) is 5.48. The number of carbonyl (C=O) groups excluding carboxylic acids is 3. The van der Waals surface area contributed by atoms with Crippen LogP contribution in [-0.4, -0.2) is 38.0 Å². The molecule has 1 spiro atoms. The zero-order valence-electron chi connectivity index (χ0n) is 20.7. The maximum Gasteiger partial charge on any atom is 0.221 e. The minimum Gasteiger partial charge on any atom is -0.361 e. The second-order valence-corrected chi connectivity index (χ2v) is 10.3. The molecular weight excluding hydrogens is 488 g/mol. The number of fused-ring (bicyclic) bond motifs is 3. The molecule has 3 aromatic heterocycles. The van der Waals surface area contributed by atoms with E-state index in [0.717, 1.165) is 38.3 Å². The molecule has 1 aliphatic carbocycles. The van der Waals surface area contributed by atoms with Gasteiger partial charge in [0, 0.05) is 85.9 Å². The average molecular weight is 511 g/mol. The van der Waals surface area contributed by atoms with Crippen molar-refractivity contribution in [2.75, 3.05) is 0 Å². The van der Waals surface area contributed by atoms with Gasteiger partial charge in [0.15, 0.2) is 17.1 Å². The normalized spacial score (nSPS) is 18.9. The van der Waals surface area contributed by atoms with E-state index in [1.54, 1.807) is 12.4 Å². The molecule has 1 aliphatic heterocycles. The predicted octanol–water partition coefficient (Wildman–Crippen LogP) is 5.24. The Morgan fingerprint density at radius 2 is 1.05 bits per heavy atom. The van der Waals surface area contributed by atoms with Crippen molar-refractivity contribution in [2.24, 2.45) is 0 Å². The first-order valence-corrected chi connectivity index (χ1v) is 12.9. The summed E-state index contributed by atoms with van der Waals surface area (Å²) in [6.45, 7) is 0. The van der Waals surface area contributed by atoms with E-state index in [1.807, 2.05) is 79.0 Å². The first kappa shape index (κ1) is 21.9. The van der Waals surface area contributed by atoms with E-state index < -0.39 is 11.5 Å². The van der Waals surface area contributed by atoms with Crippen molar-refractivity contribution < 1.29 is 14.4 Å². The molecule has 1 atom stereocenters. The molecule has 4 N–H and O–H groups in total. The predicted molar refractivity (Wildman–Crippen MR) is 150 cm³/mol. The molecule has 8 rings (SSSR count). The fourth-order valence-electron chi connectivity index (χ4n) is 6.65. The van der Waals surface area contributed by atoms with E-state index in [1.165, 1.54) is 0 Å². The van der Waals surface area contributed by atoms with Crippen LogP contribution in [-0.2, 0) is 14.4 Å². The number of Topliss-reactive ketones (excluding diaryl/α,β-unsaturated/α-hetero) is 2. The highest BCUT2D eigenvalue weighted by Crippen LogP contribution is 2.52. The van der Waals surface area contributed by atoms with Gasteiger partial charge in [0.1, 0.15) is 0 Å². The Balaban J connectivity index is 1.42. The van der Waals surface area contributed by atoms with Crippen LogP contribution in [0.25, 0.3) is 43.9 Å². The van der Waals surface area contributed by atoms with Gasteiger partial charge in [-0.2, -0.15) is 0 Å². The van der Waals surface area contributed by atoms with Crippen LogP contribution in [0.2, 0.25) is 0 Å². The number of aromatic amines is 3. The minimum atomic E-state index is -1.73. The van der Waals surface area contributed by atoms with Gasteiger partial charge in [-0.1, -0.05) is 54.6 Å². The van der Waals surface area contributed by atoms with Crippen LogP contribution in [0.3, 0.4) is 0 Å². The Kier molecular flexibility index (Phi) is 4.30. The third-order valence-electron chi connectivity index (χ3n) is 8.38. The Hall–Kier alpha value is -5.17. The minimum absolute atomic E-state index is 0.0433. The summed E-state index contributed by atoms with van der Waals surface area (Å²) in [5.41, 5.74) is 3.63. The number of rotatable bonds is 3. The number of para-hydroxylation sites is 3. The lowest BCUT2D eigenvalue weighted by molar-refractivity contribution is -0.131. The van der Waals surface area contributed by atoms with Gasteiger partial charge in [0.05, 0.1) is 0 Å². The number of nitrogens with one attached hydrogen (secondary N) is 4. The van der Waals surface area contributed by atoms with Crippen LogP contribution in [0.1, 0.15) is 29.0 Å². The van der Waals surface area contributed by atoms with Crippen molar-refractivity contribution in [1.29, 1.82) is 0 Å². The lowest BCUT2D eigenvalue weighted by atomic mass is 9.75. The lowest BCUT2D eigenvalue weighted by Gasteiger charge is -2.28. The van der Waals surface area contributed by atoms with Crippen molar-refractivity contribution in [3.63, 3.8) is 0 Å². The van der Waals surface area contributed by atoms with Gasteiger partial charge in [-0.15, -0.1) is 0 Å². The molecule has 188 valence electrons. The maximum atomic E-state index is 14.8. The highest BCUT2D eigenvalue weighted by Gasteiger charge is 2.64. The van der Waals surface area contributed by atoms with Crippen LogP contribution < -0.4 is 5.32 Å². The summed E-state index contributed by atoms with van der Waals surface area (Å²) < 4.78 is 0. The summed E-state index contributed by atoms with van der Waals surface area (Å²) in [7, 11) is 0. The van der Waals surface area contributed by atoms with E-state index in [-0.39, 0.29) is 23.9 Å². The zero-order valence-corrected chi connectivity index (χ0v) is 20.7. The van der Waals surface area contributed by atoms with Gasteiger partial charge < -0.3 is 20.3 Å². The fraction of sp³-hybridized carbons (Fsp3) is 0.0938. The third kappa shape index (κ3) is 2.79. The second-order valence-electron chi connectivity index (χ2n) is 10.3. The number of hydrogen-bond donors (Lipinski definition) is 4. The van der Waals surface area contributed by atoms with E-state index >= 15 is 0 Å². The van der Waals surface area contributed by atoms with Crippen molar-refractivity contribution in [3.05, 3.63) is 108 Å². The molecule has 6 aromatic rings. The summed E-state index contributed by atoms with van der Waals surface area (Å²) in [5.74, 6) is -1.73. The SMILES string of the molecule is O=C1CC(c2c[nH]c3ccccc23)C2(N1)C(=O)C(c1c[nH]c3ccccc13)=C(c1c[nH]c3ccccc13)C2=O. The van der Waals surface area contributed by atoms with Gasteiger partial charge in [-0.05, 0) is 23.8 Å². The standard InChI is InChI=1S/C32H22N4O3/c37-27-13-23(20-14-33-24-10-4-1-7-17(20)24)32(36-27)30(38)28(21-15-34-25-11-5-2-8-18(21)25)29(31(32)39)22-16-35-26-12-6-3-9-19(22)26/h1-12,14-16,23,33-35H,13H2,(H,36,37). The number of benzene rings is 3. The number of ketones is 2. The van der Waals surface area contributed by atoms with Gasteiger partial charge in [-0.3, -0.25) is 14.4 Å². The zero-order chi connectivity index (χ0) is 26.3. The van der Waals surface area contributed by atoms with Crippen LogP contribution in [0.4, 0.5) is 0 Å². The Labute approximate surface area is 221 Å². The van der Waals surface area contributed by atoms with Crippen LogP contribution in [0.5, 0.6) is 0 Å². The van der Waals surface area contributed by atoms with Crippen molar-refractivity contribution in [3.8, 4) is 0 Å². The third-order valence-corrected chi connectivity index (χ3v) is 8.38. The van der Waals surface area contributed by atoms with Crippen molar-refractivity contribution >= 4 is 61.3 Å². The fourth-order valence-corrected chi connectivity index (χ4v) is 6.65. The first-order chi connectivity index (χ1) is 19.1. The molecule has 0 radical (unpaired) electrons. The van der Waals surface area contributed by atoms with Crippen LogP contribution in [0.15, 0.2) is 91.4 Å². The molecule has 1 fully saturated rings. The molecule has 4 heterocycles. The van der Waals surface area contributed by atoms with Gasteiger partial charge >= 0.3 is 0 Å². The number of amides is 1. The number of aromatic nitrogens is 3. The first-order valence-electron chi connectivity index (χ1n) is 12.9. The molecule has 3 aromatic carbocycles. The molecule has 1 saturated heterocycles. The molecule has 0 saturated carbocycles. The van der Waals surface area contributed by atoms with Gasteiger partial charge in [-0.25, -0.2) is 0 Å². The monoisotopic (exact) mass is 510 g/mol. The summed E-state index contributed by atoms with van der Waals surface area (Å²) in [6, 6.07) is 23.2. The van der Waals surface area contributed by atoms with Gasteiger partial charge in [0.2, 0.25) is 5.91 Å². The van der Waals surface area contributed by atoms with E-state index in [4.69, 9.17) is 0 Å². The quantitative estimate of drug-likeness (QED) is 0.245. The Morgan fingerprint density at radius 1 is 0.590 bits per heavy atom. The number of H-pyrrole nitrogens is 3. The Morgan fingerprint density at radius 3 is 1.62 bits per heavy atom. The van der Waals surface area contributed by atoms with E-state index in [0.29, 0.717) is 22.3 Å². The van der Waals surface area contributed by atoms with Crippen LogP contribution >= 0.6 is 0 Å². The molecule has 1 amide bonds. The van der Waals surface area contributed by atoms with Crippen LogP contribution in [0, 0.1) is 0 Å². The highest BCUT2D eigenvalue weighted by molar-refractivity contribution is 6.58. The van der Waals surface area contributed by atoms with Gasteiger partial charge in [0.25, 0.3) is 0 Å². The molecule has 2 aliphatic rings. The molecule has 1 unspecified atom stereocenters. The molecule has 39 heavy (non-hydrogen) atoms. The van der Waals surface area contributed by atoms with Crippen molar-refractivity contribution in [2.45, 2.75) is 17.9 Å².